The molecule has 0 fully saturated rings. The van der Waals surface area contributed by atoms with Crippen LogP contribution in [0.3, 0.4) is 0 Å². The van der Waals surface area contributed by atoms with Gasteiger partial charge in [-0.15, -0.1) is 0 Å². The highest BCUT2D eigenvalue weighted by Crippen LogP contribution is 2.61. The number of nitrogens with zero attached hydrogens (tertiary/aromatic N) is 2. The zero-order valence-electron chi connectivity index (χ0n) is 14.5. The average Bonchev–Trinajstić information content (AvgIpc) is 3.07. The molecular formula is C13H7F17N2. The van der Waals surface area contributed by atoms with Crippen molar-refractivity contribution < 1.29 is 74.6 Å². The number of aryl methyl sites for hydroxylation is 1. The number of alkyl halides is 17. The van der Waals surface area contributed by atoms with Gasteiger partial charge in [0.25, 0.3) is 0 Å². The van der Waals surface area contributed by atoms with E-state index < -0.39 is 71.5 Å². The van der Waals surface area contributed by atoms with E-state index in [0.29, 0.717) is 0 Å². The molecule has 0 bridgehead atoms. The van der Waals surface area contributed by atoms with E-state index in [9.17, 15) is 74.6 Å². The Hall–Kier alpha value is -1.98. The fraction of sp³-hybridized carbons (Fsp3) is 0.769. The maximum Gasteiger partial charge on any atom is 0.460 e. The second-order valence-corrected chi connectivity index (χ2v) is 6.13. The van der Waals surface area contributed by atoms with Crippen molar-refractivity contribution in [2.24, 2.45) is 0 Å². The third-order valence-corrected chi connectivity index (χ3v) is 3.93. The quantitative estimate of drug-likeness (QED) is 0.351. The third kappa shape index (κ3) is 4.06. The second kappa shape index (κ2) is 7.81. The molecule has 0 aliphatic heterocycles. The summed E-state index contributed by atoms with van der Waals surface area (Å²) in [6.45, 7) is -1.78. The highest BCUT2D eigenvalue weighted by Gasteiger charge is 2.91. The Morgan fingerprint density at radius 2 is 1.12 bits per heavy atom. The van der Waals surface area contributed by atoms with Gasteiger partial charge in [0, 0.05) is 25.4 Å². The van der Waals surface area contributed by atoms with Crippen LogP contribution in [-0.2, 0) is 12.5 Å². The molecule has 0 aliphatic carbocycles. The molecule has 1 aromatic heterocycles. The first-order valence-electron chi connectivity index (χ1n) is 7.53. The highest BCUT2D eigenvalue weighted by atomic mass is 19.4. The van der Waals surface area contributed by atoms with E-state index in [1.807, 2.05) is 0 Å². The maximum atomic E-state index is 14.0. The summed E-state index contributed by atoms with van der Waals surface area (Å²) >= 11 is 0. The average molecular weight is 514 g/mol. The molecule has 188 valence electrons. The third-order valence-electron chi connectivity index (χ3n) is 3.93. The van der Waals surface area contributed by atoms with Gasteiger partial charge in [-0.05, 0) is 0 Å². The first-order chi connectivity index (χ1) is 13.9. The van der Waals surface area contributed by atoms with Crippen LogP contribution in [-0.4, -0.2) is 51.8 Å². The van der Waals surface area contributed by atoms with E-state index in [4.69, 9.17) is 0 Å². The van der Waals surface area contributed by atoms with Crippen molar-refractivity contribution in [3.63, 3.8) is 0 Å². The summed E-state index contributed by atoms with van der Waals surface area (Å²) in [4.78, 5) is 2.32. The minimum atomic E-state index is -8.15. The molecule has 0 spiro atoms. The van der Waals surface area contributed by atoms with Crippen LogP contribution in [0.5, 0.6) is 0 Å². The van der Waals surface area contributed by atoms with Gasteiger partial charge in [-0.25, -0.2) is 22.5 Å². The van der Waals surface area contributed by atoms with Crippen LogP contribution in [0.2, 0.25) is 0 Å². The van der Waals surface area contributed by atoms with E-state index in [0.717, 1.165) is 0 Å². The molecule has 0 N–H and O–H groups in total. The molecule has 32 heavy (non-hydrogen) atoms. The SMILES string of the molecule is FC(F)C(F)(F)CCn1ccnc1C(F)(F)C(F)(F)C(F)(F)C(F)(F)C(F)(F)C(F)(F)F. The molecule has 1 aromatic rings. The summed E-state index contributed by atoms with van der Waals surface area (Å²) in [5, 5.41) is 0. The van der Waals surface area contributed by atoms with Gasteiger partial charge in [0.15, 0.2) is 5.82 Å². The highest BCUT2D eigenvalue weighted by molar-refractivity contribution is 5.16. The Balaban J connectivity index is 3.47. The zero-order chi connectivity index (χ0) is 25.8. The predicted molar refractivity (Wildman–Crippen MR) is 67.5 cm³/mol. The van der Waals surface area contributed by atoms with E-state index in [2.05, 4.69) is 4.98 Å². The molecule has 0 radical (unpaired) electrons. The van der Waals surface area contributed by atoms with Crippen LogP contribution in [0.4, 0.5) is 74.6 Å². The van der Waals surface area contributed by atoms with Crippen molar-refractivity contribution in [3.05, 3.63) is 18.2 Å². The standard InChI is InChI=1S/C13H7F17N2/c14-5(15)7(16,17)1-3-32-4-2-31-6(32)8(18,19)9(20,21)10(22,23)11(24,25)12(26,27)13(28,29)30/h2,4-5H,1,3H2. The molecule has 1 heterocycles. The van der Waals surface area contributed by atoms with Crippen molar-refractivity contribution in [1.29, 1.82) is 0 Å². The summed E-state index contributed by atoms with van der Waals surface area (Å²) in [5.74, 6) is -46.4. The fourth-order valence-electron chi connectivity index (χ4n) is 2.06. The van der Waals surface area contributed by atoms with Crippen LogP contribution in [0.15, 0.2) is 12.4 Å². The molecule has 0 saturated heterocycles. The lowest BCUT2D eigenvalue weighted by Crippen LogP contribution is -2.69. The number of rotatable bonds is 9. The normalized spacial score (nSPS) is 15.6. The Kier molecular flexibility index (Phi) is 6.84. The van der Waals surface area contributed by atoms with E-state index in [1.165, 1.54) is 0 Å². The molecule has 0 unspecified atom stereocenters. The van der Waals surface area contributed by atoms with Gasteiger partial charge >= 0.3 is 48.1 Å². The van der Waals surface area contributed by atoms with E-state index in [-0.39, 0.29) is 12.4 Å². The van der Waals surface area contributed by atoms with Crippen LogP contribution >= 0.6 is 0 Å². The Bertz CT molecular complexity index is 791. The summed E-state index contributed by atoms with van der Waals surface area (Å²) in [6.07, 6.45) is -14.1. The summed E-state index contributed by atoms with van der Waals surface area (Å²) < 4.78 is 220. The lowest BCUT2D eigenvalue weighted by atomic mass is 9.93. The van der Waals surface area contributed by atoms with E-state index in [1.54, 1.807) is 0 Å². The lowest BCUT2D eigenvalue weighted by molar-refractivity contribution is -0.442. The lowest BCUT2D eigenvalue weighted by Gasteiger charge is -2.39. The minimum Gasteiger partial charge on any atom is -0.329 e. The molecule has 0 aliphatic rings. The number of halogens is 17. The number of hydrogen-bond donors (Lipinski definition) is 0. The van der Waals surface area contributed by atoms with Crippen molar-refractivity contribution in [1.82, 2.24) is 9.55 Å². The maximum absolute atomic E-state index is 14.0. The number of aromatic nitrogens is 2. The largest absolute Gasteiger partial charge is 0.460 e. The van der Waals surface area contributed by atoms with Crippen molar-refractivity contribution in [2.75, 3.05) is 0 Å². The first kappa shape index (κ1) is 28.1. The van der Waals surface area contributed by atoms with E-state index >= 15 is 0 Å². The van der Waals surface area contributed by atoms with Gasteiger partial charge in [-0.1, -0.05) is 0 Å². The van der Waals surface area contributed by atoms with Crippen LogP contribution in [0.25, 0.3) is 0 Å². The van der Waals surface area contributed by atoms with Crippen LogP contribution < -0.4 is 0 Å². The molecular weight excluding hydrogens is 507 g/mol. The molecule has 0 saturated carbocycles. The molecule has 0 atom stereocenters. The number of hydrogen-bond acceptors (Lipinski definition) is 1. The molecule has 2 nitrogen and oxygen atoms in total. The van der Waals surface area contributed by atoms with Crippen LogP contribution in [0, 0.1) is 0 Å². The molecule has 0 amide bonds. The van der Waals surface area contributed by atoms with Gasteiger partial charge in [0.1, 0.15) is 0 Å². The van der Waals surface area contributed by atoms with Crippen LogP contribution in [0.1, 0.15) is 12.2 Å². The Labute approximate surface area is 165 Å². The van der Waals surface area contributed by atoms with Gasteiger partial charge in [0.05, 0.1) is 0 Å². The Morgan fingerprint density at radius 3 is 1.53 bits per heavy atom. The molecule has 0 aromatic carbocycles. The fourth-order valence-corrected chi connectivity index (χ4v) is 2.06. The van der Waals surface area contributed by atoms with Gasteiger partial charge in [-0.2, -0.15) is 57.1 Å². The first-order valence-corrected chi connectivity index (χ1v) is 7.53. The van der Waals surface area contributed by atoms with Crippen molar-refractivity contribution in [2.45, 2.75) is 61.1 Å². The Morgan fingerprint density at radius 1 is 0.688 bits per heavy atom. The second-order valence-electron chi connectivity index (χ2n) is 6.13. The van der Waals surface area contributed by atoms with Gasteiger partial charge in [0.2, 0.25) is 0 Å². The number of imidazole rings is 1. The predicted octanol–water partition coefficient (Wildman–Crippen LogP) is 6.37. The van der Waals surface area contributed by atoms with Gasteiger partial charge in [-0.3, -0.25) is 0 Å². The smallest absolute Gasteiger partial charge is 0.329 e. The summed E-state index contributed by atoms with van der Waals surface area (Å²) in [6, 6.07) is 0. The molecule has 1 rings (SSSR count). The van der Waals surface area contributed by atoms with Crippen molar-refractivity contribution >= 4 is 0 Å². The van der Waals surface area contributed by atoms with Gasteiger partial charge < -0.3 is 4.57 Å². The van der Waals surface area contributed by atoms with Crippen molar-refractivity contribution in [3.8, 4) is 0 Å². The summed E-state index contributed by atoms with van der Waals surface area (Å²) in [7, 11) is 0. The zero-order valence-corrected chi connectivity index (χ0v) is 14.5. The topological polar surface area (TPSA) is 17.8 Å². The monoisotopic (exact) mass is 514 g/mol. The molecule has 19 heteroatoms. The minimum absolute atomic E-state index is 0.000441. The summed E-state index contributed by atoms with van der Waals surface area (Å²) in [5.41, 5.74) is 0.